The average Bonchev–Trinajstić information content (AvgIpc) is 3.33. The maximum absolute atomic E-state index is 13.1. The molecule has 35 heavy (non-hydrogen) atoms. The van der Waals surface area contributed by atoms with Crippen molar-refractivity contribution in [3.05, 3.63) is 45.5 Å². The number of rotatable bonds is 5. The minimum absolute atomic E-state index is 0.111. The molecule has 0 radical (unpaired) electrons. The summed E-state index contributed by atoms with van der Waals surface area (Å²) in [6, 6.07) is 3.95. The molecule has 188 valence electrons. The van der Waals surface area contributed by atoms with Crippen molar-refractivity contribution >= 4 is 24.0 Å². The third kappa shape index (κ3) is 4.42. The molecular formula is C28H35NO6. The van der Waals surface area contributed by atoms with Gasteiger partial charge in [-0.3, -0.25) is 9.59 Å². The van der Waals surface area contributed by atoms with E-state index in [1.807, 2.05) is 26.0 Å². The molecule has 7 heteroatoms. The molecular weight excluding hydrogens is 446 g/mol. The van der Waals surface area contributed by atoms with Gasteiger partial charge in [0.15, 0.2) is 0 Å². The van der Waals surface area contributed by atoms with Gasteiger partial charge in [-0.1, -0.05) is 31.1 Å². The number of carbonyl (C=O) groups is 3. The Labute approximate surface area is 206 Å². The van der Waals surface area contributed by atoms with Crippen molar-refractivity contribution in [2.24, 2.45) is 23.7 Å². The number of aromatic hydroxyl groups is 1. The average molecular weight is 482 g/mol. The summed E-state index contributed by atoms with van der Waals surface area (Å²) in [5.41, 5.74) is 6.29. The van der Waals surface area contributed by atoms with Gasteiger partial charge in [-0.05, 0) is 80.3 Å². The molecule has 7 nitrogen and oxygen atoms in total. The lowest BCUT2D eigenvalue weighted by Gasteiger charge is -2.33. The highest BCUT2D eigenvalue weighted by Gasteiger charge is 2.59. The van der Waals surface area contributed by atoms with Crippen molar-refractivity contribution in [3.8, 4) is 5.75 Å². The Kier molecular flexibility index (Phi) is 6.91. The lowest BCUT2D eigenvalue weighted by Crippen LogP contribution is -2.38. The Morgan fingerprint density at radius 3 is 2.46 bits per heavy atom. The molecule has 0 spiro atoms. The summed E-state index contributed by atoms with van der Waals surface area (Å²) in [7, 11) is 1.18. The van der Waals surface area contributed by atoms with Crippen LogP contribution in [-0.2, 0) is 19.1 Å². The zero-order chi connectivity index (χ0) is 25.6. The van der Waals surface area contributed by atoms with Gasteiger partial charge in [0.25, 0.3) is 0 Å². The molecule has 1 aliphatic carbocycles. The van der Waals surface area contributed by atoms with E-state index in [4.69, 9.17) is 9.47 Å². The number of hydrogen-bond donors (Lipinski definition) is 1. The van der Waals surface area contributed by atoms with Crippen LogP contribution in [0.2, 0.25) is 0 Å². The standard InChI is InChI=1S/C28H35NO6/c1-14(2)19-12-20-24(27(32)29(26(20)31)28(33)34-6)21-13-35-22(23(19)21)8-7-15(3)9-18-10-16(4)25(30)17(5)11-18/h9-11,14,20-22,24,30H,7-8,12-13H2,1-6H3/b15-9+/t20-,21+,22-,24-/m1/s1. The van der Waals surface area contributed by atoms with E-state index in [1.54, 1.807) is 0 Å². The van der Waals surface area contributed by atoms with Crippen LogP contribution in [0.15, 0.2) is 28.9 Å². The van der Waals surface area contributed by atoms with Crippen molar-refractivity contribution in [2.75, 3.05) is 13.7 Å². The van der Waals surface area contributed by atoms with E-state index in [-0.39, 0.29) is 17.9 Å². The minimum Gasteiger partial charge on any atom is -0.507 e. The number of carbonyl (C=O) groups excluding carboxylic acids is 3. The summed E-state index contributed by atoms with van der Waals surface area (Å²) in [5.74, 6) is -1.65. The van der Waals surface area contributed by atoms with Crippen molar-refractivity contribution < 1.29 is 29.0 Å². The Morgan fingerprint density at radius 1 is 1.20 bits per heavy atom. The molecule has 2 saturated heterocycles. The number of methoxy groups -OCH3 is 1. The lowest BCUT2D eigenvalue weighted by atomic mass is 9.67. The van der Waals surface area contributed by atoms with Crippen LogP contribution in [0.5, 0.6) is 5.75 Å². The molecule has 2 aliphatic heterocycles. The first kappa shape index (κ1) is 25.2. The van der Waals surface area contributed by atoms with E-state index < -0.39 is 29.7 Å². The molecule has 0 unspecified atom stereocenters. The summed E-state index contributed by atoms with van der Waals surface area (Å²) in [4.78, 5) is 38.9. The number of ether oxygens (including phenoxy) is 2. The summed E-state index contributed by atoms with van der Waals surface area (Å²) >= 11 is 0. The fourth-order valence-electron chi connectivity index (χ4n) is 6.02. The molecule has 2 fully saturated rings. The van der Waals surface area contributed by atoms with E-state index >= 15 is 0 Å². The molecule has 4 atom stereocenters. The van der Waals surface area contributed by atoms with Crippen LogP contribution in [0.4, 0.5) is 4.79 Å². The van der Waals surface area contributed by atoms with Crippen LogP contribution >= 0.6 is 0 Å². The Hall–Kier alpha value is -2.93. The van der Waals surface area contributed by atoms with Crippen molar-refractivity contribution in [3.63, 3.8) is 0 Å². The molecule has 2 heterocycles. The van der Waals surface area contributed by atoms with Crippen molar-refractivity contribution in [1.29, 1.82) is 0 Å². The molecule has 3 aliphatic rings. The van der Waals surface area contributed by atoms with E-state index in [9.17, 15) is 19.5 Å². The normalized spacial score (nSPS) is 26.5. The molecule has 1 aromatic carbocycles. The SMILES string of the molecule is COC(=O)N1C(=O)[C@@H]2[C@@H](CC(C(C)C)=C3[C@@H](CC/C(C)=C/c4cc(C)c(O)c(C)c4)OC[C@@H]32)C1=O. The first-order valence-corrected chi connectivity index (χ1v) is 12.3. The number of imide groups is 3. The van der Waals surface area contributed by atoms with Crippen LogP contribution in [0.1, 0.15) is 56.7 Å². The molecule has 1 aromatic rings. The monoisotopic (exact) mass is 481 g/mol. The van der Waals surface area contributed by atoms with Gasteiger partial charge in [0.1, 0.15) is 5.75 Å². The number of benzene rings is 1. The van der Waals surface area contributed by atoms with E-state index in [2.05, 4.69) is 26.8 Å². The van der Waals surface area contributed by atoms with E-state index in [0.29, 0.717) is 23.7 Å². The third-order valence-electron chi connectivity index (χ3n) is 7.73. The smallest absolute Gasteiger partial charge is 0.423 e. The summed E-state index contributed by atoms with van der Waals surface area (Å²) in [5, 5.41) is 10.0. The highest BCUT2D eigenvalue weighted by molar-refractivity contribution is 6.16. The second kappa shape index (κ2) is 9.61. The predicted molar refractivity (Wildman–Crippen MR) is 131 cm³/mol. The highest BCUT2D eigenvalue weighted by atomic mass is 16.5. The Morgan fingerprint density at radius 2 is 1.86 bits per heavy atom. The van der Waals surface area contributed by atoms with Gasteiger partial charge in [-0.25, -0.2) is 4.79 Å². The van der Waals surface area contributed by atoms with Gasteiger partial charge in [0.2, 0.25) is 11.8 Å². The van der Waals surface area contributed by atoms with Gasteiger partial charge in [0, 0.05) is 5.92 Å². The number of phenolic OH excluding ortho intramolecular Hbond substituents is 1. The molecule has 0 saturated carbocycles. The van der Waals surface area contributed by atoms with Crippen LogP contribution in [-0.4, -0.2) is 47.7 Å². The fourth-order valence-corrected chi connectivity index (χ4v) is 6.02. The number of allylic oxidation sites excluding steroid dienone is 2. The largest absolute Gasteiger partial charge is 0.507 e. The van der Waals surface area contributed by atoms with Crippen molar-refractivity contribution in [2.45, 2.75) is 60.0 Å². The highest BCUT2D eigenvalue weighted by Crippen LogP contribution is 2.51. The first-order chi connectivity index (χ1) is 16.5. The molecule has 0 aromatic heterocycles. The minimum atomic E-state index is -0.905. The Balaban J connectivity index is 1.55. The molecule has 0 bridgehead atoms. The molecule has 3 amide bonds. The van der Waals surface area contributed by atoms with Gasteiger partial charge < -0.3 is 14.6 Å². The summed E-state index contributed by atoms with van der Waals surface area (Å²) in [6.07, 6.45) is 3.19. The maximum atomic E-state index is 13.1. The first-order valence-electron chi connectivity index (χ1n) is 12.3. The summed E-state index contributed by atoms with van der Waals surface area (Å²) in [6.45, 7) is 10.5. The molecule has 1 N–H and O–H groups in total. The maximum Gasteiger partial charge on any atom is 0.423 e. The van der Waals surface area contributed by atoms with Gasteiger partial charge in [0.05, 0.1) is 31.7 Å². The second-order valence-electron chi connectivity index (χ2n) is 10.4. The molecule has 4 rings (SSSR count). The predicted octanol–water partition coefficient (Wildman–Crippen LogP) is 4.93. The Bertz CT molecular complexity index is 1110. The third-order valence-corrected chi connectivity index (χ3v) is 7.73. The van der Waals surface area contributed by atoms with Gasteiger partial charge in [-0.2, -0.15) is 4.90 Å². The van der Waals surface area contributed by atoms with Crippen molar-refractivity contribution in [1.82, 2.24) is 4.90 Å². The number of aryl methyl sites for hydroxylation is 2. The van der Waals surface area contributed by atoms with Crippen LogP contribution in [0.25, 0.3) is 6.08 Å². The number of hydrogen-bond acceptors (Lipinski definition) is 6. The zero-order valence-electron chi connectivity index (χ0n) is 21.4. The quantitative estimate of drug-likeness (QED) is 0.473. The number of fused-ring (bicyclic) bond motifs is 3. The van der Waals surface area contributed by atoms with E-state index in [0.717, 1.165) is 35.1 Å². The summed E-state index contributed by atoms with van der Waals surface area (Å²) < 4.78 is 10.9. The van der Waals surface area contributed by atoms with Crippen LogP contribution in [0.3, 0.4) is 0 Å². The topological polar surface area (TPSA) is 93.1 Å². The van der Waals surface area contributed by atoms with Crippen LogP contribution < -0.4 is 0 Å². The second-order valence-corrected chi connectivity index (χ2v) is 10.4. The van der Waals surface area contributed by atoms with Gasteiger partial charge in [-0.15, -0.1) is 0 Å². The number of amides is 3. The fraction of sp³-hybridized carbons (Fsp3) is 0.536. The van der Waals surface area contributed by atoms with E-state index in [1.165, 1.54) is 18.3 Å². The van der Waals surface area contributed by atoms with Crippen LogP contribution in [0, 0.1) is 37.5 Å². The van der Waals surface area contributed by atoms with Gasteiger partial charge >= 0.3 is 6.09 Å². The number of nitrogens with zero attached hydrogens (tertiary/aromatic N) is 1. The number of phenols is 1. The lowest BCUT2D eigenvalue weighted by molar-refractivity contribution is -0.137. The number of likely N-dealkylation sites (tertiary alicyclic amines) is 1. The zero-order valence-corrected chi connectivity index (χ0v) is 21.4.